The van der Waals surface area contributed by atoms with Crippen LogP contribution in [0.1, 0.15) is 38.7 Å². The first kappa shape index (κ1) is 13.9. The highest BCUT2D eigenvalue weighted by Gasteiger charge is 2.22. The summed E-state index contributed by atoms with van der Waals surface area (Å²) in [6.07, 6.45) is 2.58. The van der Waals surface area contributed by atoms with Crippen molar-refractivity contribution in [1.82, 2.24) is 5.32 Å². The molecule has 2 heteroatoms. The van der Waals surface area contributed by atoms with Crippen LogP contribution in [0, 0.1) is 0 Å². The van der Waals surface area contributed by atoms with E-state index in [1.54, 1.807) is 0 Å². The maximum absolute atomic E-state index is 12.3. The zero-order valence-corrected chi connectivity index (χ0v) is 12.6. The lowest BCUT2D eigenvalue weighted by Crippen LogP contribution is -2.30. The Bertz CT molecular complexity index is 712. The third kappa shape index (κ3) is 2.85. The van der Waals surface area contributed by atoms with E-state index in [1.807, 2.05) is 0 Å². The number of carbonyl (C=O) groups is 1. The van der Waals surface area contributed by atoms with Crippen molar-refractivity contribution in [3.63, 3.8) is 0 Å². The van der Waals surface area contributed by atoms with Crippen molar-refractivity contribution in [1.29, 1.82) is 0 Å². The zero-order valence-electron chi connectivity index (χ0n) is 12.6. The number of hydrogen-bond donors (Lipinski definition) is 1. The Hall–Kier alpha value is -2.09. The molecule has 0 aromatic heterocycles. The molecular weight excluding hydrogens is 258 g/mol. The summed E-state index contributed by atoms with van der Waals surface area (Å²) >= 11 is 0. The lowest BCUT2D eigenvalue weighted by molar-refractivity contribution is -0.116. The van der Waals surface area contributed by atoms with E-state index in [4.69, 9.17) is 0 Å². The van der Waals surface area contributed by atoms with Crippen LogP contribution in [-0.2, 0) is 4.79 Å². The van der Waals surface area contributed by atoms with Gasteiger partial charge in [-0.05, 0) is 54.7 Å². The fourth-order valence-electron chi connectivity index (χ4n) is 2.97. The second-order valence-electron chi connectivity index (χ2n) is 5.99. The van der Waals surface area contributed by atoms with Crippen LogP contribution < -0.4 is 5.32 Å². The minimum absolute atomic E-state index is 0.248. The van der Waals surface area contributed by atoms with Gasteiger partial charge in [-0.2, -0.15) is 0 Å². The number of benzene rings is 2. The number of fused-ring (bicyclic) bond motifs is 1. The Morgan fingerprint density at radius 3 is 2.52 bits per heavy atom. The fraction of sp³-hybridized carbons (Fsp3) is 0.316. The standard InChI is InChI=1S/C19H21NO/c1-13(2)20-19-17(8-5-9-18(19)21)16-11-10-14-6-3-4-7-15(14)12-16/h3-4,6-7,10-13,20H,5,8-9H2,1-2H3. The van der Waals surface area contributed by atoms with Crippen LogP contribution >= 0.6 is 0 Å². The molecule has 1 aliphatic carbocycles. The van der Waals surface area contributed by atoms with E-state index in [0.717, 1.165) is 18.5 Å². The molecule has 0 amide bonds. The summed E-state index contributed by atoms with van der Waals surface area (Å²) in [4.78, 5) is 12.3. The molecule has 0 heterocycles. The summed E-state index contributed by atoms with van der Waals surface area (Å²) in [6.45, 7) is 4.15. The number of nitrogens with one attached hydrogen (secondary N) is 1. The molecule has 0 unspecified atom stereocenters. The van der Waals surface area contributed by atoms with Gasteiger partial charge in [0.15, 0.2) is 5.78 Å². The van der Waals surface area contributed by atoms with Crippen LogP contribution in [0.2, 0.25) is 0 Å². The zero-order chi connectivity index (χ0) is 14.8. The summed E-state index contributed by atoms with van der Waals surface area (Å²) < 4.78 is 0. The molecule has 108 valence electrons. The van der Waals surface area contributed by atoms with Crippen molar-refractivity contribution in [2.45, 2.75) is 39.2 Å². The highest BCUT2D eigenvalue weighted by atomic mass is 16.1. The van der Waals surface area contributed by atoms with Crippen LogP contribution in [0.25, 0.3) is 16.3 Å². The molecule has 0 fully saturated rings. The molecule has 0 bridgehead atoms. The van der Waals surface area contributed by atoms with Crippen molar-refractivity contribution in [2.75, 3.05) is 0 Å². The van der Waals surface area contributed by atoms with Gasteiger partial charge in [-0.1, -0.05) is 36.4 Å². The Labute approximate surface area is 125 Å². The molecule has 0 radical (unpaired) electrons. The van der Waals surface area contributed by atoms with Gasteiger partial charge in [0.2, 0.25) is 0 Å². The SMILES string of the molecule is CC(C)NC1=C(c2ccc3ccccc3c2)CCCC1=O. The van der Waals surface area contributed by atoms with Gasteiger partial charge >= 0.3 is 0 Å². The predicted octanol–water partition coefficient (Wildman–Crippen LogP) is 4.30. The van der Waals surface area contributed by atoms with Crippen LogP contribution in [0.5, 0.6) is 0 Å². The Balaban J connectivity index is 2.10. The van der Waals surface area contributed by atoms with Gasteiger partial charge in [-0.3, -0.25) is 4.79 Å². The average Bonchev–Trinajstić information content (AvgIpc) is 2.48. The van der Waals surface area contributed by atoms with E-state index >= 15 is 0 Å². The molecule has 1 aliphatic rings. The topological polar surface area (TPSA) is 29.1 Å². The number of carbonyl (C=O) groups excluding carboxylic acids is 1. The molecule has 2 aromatic rings. The molecule has 0 saturated heterocycles. The second-order valence-corrected chi connectivity index (χ2v) is 5.99. The van der Waals surface area contributed by atoms with Crippen molar-refractivity contribution in [2.24, 2.45) is 0 Å². The summed E-state index contributed by atoms with van der Waals surface area (Å²) in [5, 5.41) is 5.82. The van der Waals surface area contributed by atoms with Crippen molar-refractivity contribution < 1.29 is 4.79 Å². The monoisotopic (exact) mass is 279 g/mol. The average molecular weight is 279 g/mol. The smallest absolute Gasteiger partial charge is 0.178 e. The number of rotatable bonds is 3. The minimum atomic E-state index is 0.248. The van der Waals surface area contributed by atoms with Gasteiger partial charge in [-0.25, -0.2) is 0 Å². The summed E-state index contributed by atoms with van der Waals surface area (Å²) in [6, 6.07) is 15.1. The predicted molar refractivity (Wildman–Crippen MR) is 88.0 cm³/mol. The first-order valence-electron chi connectivity index (χ1n) is 7.67. The van der Waals surface area contributed by atoms with Gasteiger partial charge in [0.1, 0.15) is 0 Å². The quantitative estimate of drug-likeness (QED) is 0.907. The highest BCUT2D eigenvalue weighted by molar-refractivity contribution is 6.04. The largest absolute Gasteiger partial charge is 0.380 e. The van der Waals surface area contributed by atoms with Crippen LogP contribution in [0.15, 0.2) is 48.2 Å². The van der Waals surface area contributed by atoms with Gasteiger partial charge in [0.05, 0.1) is 5.70 Å². The van der Waals surface area contributed by atoms with Crippen LogP contribution in [-0.4, -0.2) is 11.8 Å². The van der Waals surface area contributed by atoms with Crippen molar-refractivity contribution >= 4 is 22.1 Å². The van der Waals surface area contributed by atoms with Crippen molar-refractivity contribution in [3.05, 3.63) is 53.7 Å². The maximum atomic E-state index is 12.3. The van der Waals surface area contributed by atoms with E-state index in [2.05, 4.69) is 61.6 Å². The first-order valence-corrected chi connectivity index (χ1v) is 7.67. The normalized spacial score (nSPS) is 15.9. The Kier molecular flexibility index (Phi) is 3.78. The Morgan fingerprint density at radius 2 is 1.76 bits per heavy atom. The minimum Gasteiger partial charge on any atom is -0.380 e. The maximum Gasteiger partial charge on any atom is 0.178 e. The van der Waals surface area contributed by atoms with Crippen LogP contribution in [0.3, 0.4) is 0 Å². The molecule has 0 saturated carbocycles. The van der Waals surface area contributed by atoms with E-state index in [9.17, 15) is 4.79 Å². The molecule has 2 aromatic carbocycles. The molecule has 21 heavy (non-hydrogen) atoms. The summed E-state index contributed by atoms with van der Waals surface area (Å²) in [5.74, 6) is 0.248. The molecular formula is C19H21NO. The van der Waals surface area contributed by atoms with Crippen molar-refractivity contribution in [3.8, 4) is 0 Å². The summed E-state index contributed by atoms with van der Waals surface area (Å²) in [5.41, 5.74) is 3.17. The molecule has 3 rings (SSSR count). The van der Waals surface area contributed by atoms with Gasteiger partial charge in [0.25, 0.3) is 0 Å². The van der Waals surface area contributed by atoms with Gasteiger partial charge in [0, 0.05) is 12.5 Å². The van der Waals surface area contributed by atoms with Gasteiger partial charge in [-0.15, -0.1) is 0 Å². The number of hydrogen-bond acceptors (Lipinski definition) is 2. The first-order chi connectivity index (χ1) is 10.1. The fourth-order valence-corrected chi connectivity index (χ4v) is 2.97. The lowest BCUT2D eigenvalue weighted by Gasteiger charge is -2.23. The van der Waals surface area contributed by atoms with Crippen LogP contribution in [0.4, 0.5) is 0 Å². The van der Waals surface area contributed by atoms with E-state index in [-0.39, 0.29) is 11.8 Å². The summed E-state index contributed by atoms with van der Waals surface area (Å²) in [7, 11) is 0. The van der Waals surface area contributed by atoms with E-state index < -0.39 is 0 Å². The second kappa shape index (κ2) is 5.72. The molecule has 2 nitrogen and oxygen atoms in total. The number of allylic oxidation sites excluding steroid dienone is 2. The van der Waals surface area contributed by atoms with E-state index in [1.165, 1.54) is 21.9 Å². The Morgan fingerprint density at radius 1 is 1.00 bits per heavy atom. The third-order valence-corrected chi connectivity index (χ3v) is 3.94. The van der Waals surface area contributed by atoms with E-state index in [0.29, 0.717) is 6.42 Å². The molecule has 1 N–H and O–H groups in total. The lowest BCUT2D eigenvalue weighted by atomic mass is 9.89. The molecule has 0 aliphatic heterocycles. The molecule has 0 atom stereocenters. The number of Topliss-reactive ketones (excluding diaryl/α,β-unsaturated/α-hetero) is 1. The van der Waals surface area contributed by atoms with Gasteiger partial charge < -0.3 is 5.32 Å². The number of ketones is 1. The third-order valence-electron chi connectivity index (χ3n) is 3.94. The molecule has 0 spiro atoms. The highest BCUT2D eigenvalue weighted by Crippen LogP contribution is 2.31.